The number of nitrogens with one attached hydrogen (secondary N) is 1. The molecule has 9 heteroatoms. The maximum absolute atomic E-state index is 5.28. The average Bonchev–Trinajstić information content (AvgIpc) is 1.41. The third kappa shape index (κ3) is 11.2. The lowest BCUT2D eigenvalue weighted by atomic mass is 9.99. The summed E-state index contributed by atoms with van der Waals surface area (Å²) >= 11 is 3.53. The maximum Gasteiger partial charge on any atom is 0.0979 e. The van der Waals surface area contributed by atoms with E-state index in [9.17, 15) is 0 Å². The number of hydrogen-bond acceptors (Lipinski definition) is 6. The molecule has 0 amide bonds. The molecule has 0 saturated heterocycles. The van der Waals surface area contributed by atoms with Gasteiger partial charge < -0.3 is 19.4 Å². The summed E-state index contributed by atoms with van der Waals surface area (Å²) in [6.07, 6.45) is 3.78. The Morgan fingerprint density at radius 1 is 0.257 bits per heavy atom. The van der Waals surface area contributed by atoms with Gasteiger partial charge in [0.15, 0.2) is 0 Å². The molecular weight excluding hydrogens is 1300 g/mol. The van der Waals surface area contributed by atoms with Crippen LogP contribution >= 0.6 is 15.9 Å². The van der Waals surface area contributed by atoms with Gasteiger partial charge in [0, 0.05) is 98.5 Å². The number of hydrogen-bond donors (Lipinski definition) is 1. The van der Waals surface area contributed by atoms with Crippen molar-refractivity contribution in [3.05, 3.63) is 369 Å². The van der Waals surface area contributed by atoms with E-state index in [1.807, 2.05) is 42.7 Å². The van der Waals surface area contributed by atoms with Gasteiger partial charge in [-0.3, -0.25) is 9.97 Å². The third-order valence-electron chi connectivity index (χ3n) is 19.1. The molecule has 20 rings (SSSR count). The van der Waals surface area contributed by atoms with Gasteiger partial charge in [-0.15, -0.1) is 0 Å². The molecule has 8 nitrogen and oxygen atoms in total. The van der Waals surface area contributed by atoms with Crippen LogP contribution in [0.4, 0.5) is 28.4 Å². The van der Waals surface area contributed by atoms with Gasteiger partial charge in [-0.1, -0.05) is 246 Å². The zero-order valence-electron chi connectivity index (χ0n) is 54.6. The molecule has 16 aromatic carbocycles. The van der Waals surface area contributed by atoms with Crippen molar-refractivity contribution in [2.75, 3.05) is 10.2 Å². The lowest BCUT2D eigenvalue weighted by Crippen LogP contribution is -2.10. The molecule has 4 heterocycles. The standard InChI is InChI=1S/C46H30N4.C24H18N2.C22H13BrN2/c1-2-14-32(15-3-1)49(33-25-27-34(28-26-33)50-43-23-10-8-19-38(43)39-20-9-11-24-44(39)50)35-16-12-13-31(29-35)42-30-47-45-40-21-6-4-17-36(40)37-18-5-7-22-41(37)46(45)48-42;1-2-8-18(9-3-1)25-19-14-16-20(17-15-19)26-23-12-6-4-10-21(23)22-11-5-7-13-24(22)26;23-15-7-5-6-14(12-15)20-13-24-21-18-10-3-1-8-16(18)17-9-2-4-11-19(17)22(21)25-20/h1-30H;1-17,25H;1-13H. The van der Waals surface area contributed by atoms with E-state index in [-0.39, 0.29) is 0 Å². The average molecular weight is 1360 g/mol. The lowest BCUT2D eigenvalue weighted by molar-refractivity contribution is 1.17. The van der Waals surface area contributed by atoms with Crippen LogP contribution < -0.4 is 10.2 Å². The lowest BCUT2D eigenvalue weighted by Gasteiger charge is -2.26. The zero-order valence-corrected chi connectivity index (χ0v) is 56.2. The summed E-state index contributed by atoms with van der Waals surface area (Å²) in [5, 5.41) is 17.9. The minimum absolute atomic E-state index is 0.842. The van der Waals surface area contributed by atoms with Gasteiger partial charge in [0.1, 0.15) is 0 Å². The van der Waals surface area contributed by atoms with E-state index in [4.69, 9.17) is 19.9 Å². The van der Waals surface area contributed by atoms with Crippen LogP contribution in [-0.4, -0.2) is 29.1 Å². The smallest absolute Gasteiger partial charge is 0.0979 e. The van der Waals surface area contributed by atoms with E-state index in [1.165, 1.54) is 70.8 Å². The second-order valence-electron chi connectivity index (χ2n) is 25.1. The topological polar surface area (TPSA) is 76.7 Å². The maximum atomic E-state index is 5.28. The first-order valence-corrected chi connectivity index (χ1v) is 34.7. The van der Waals surface area contributed by atoms with Gasteiger partial charge in [0.2, 0.25) is 0 Å². The number of nitrogens with zero attached hydrogens (tertiary/aromatic N) is 7. The van der Waals surface area contributed by atoms with Crippen LogP contribution in [0.5, 0.6) is 0 Å². The molecule has 0 aliphatic heterocycles. The van der Waals surface area contributed by atoms with Crippen LogP contribution in [-0.2, 0) is 0 Å². The Morgan fingerprint density at radius 2 is 0.584 bits per heavy atom. The van der Waals surface area contributed by atoms with E-state index in [2.05, 4.69) is 357 Å². The Labute approximate surface area is 591 Å². The molecule has 0 fully saturated rings. The first-order valence-electron chi connectivity index (χ1n) is 33.9. The van der Waals surface area contributed by atoms with Crippen molar-refractivity contribution in [1.82, 2.24) is 29.1 Å². The molecule has 0 aliphatic carbocycles. The molecule has 0 unspecified atom stereocenters. The monoisotopic (exact) mass is 1360 g/mol. The second kappa shape index (κ2) is 26.1. The Balaban J connectivity index is 0.000000120. The van der Waals surface area contributed by atoms with Gasteiger partial charge in [-0.05, 0) is 143 Å². The summed E-state index contributed by atoms with van der Waals surface area (Å²) in [5.74, 6) is 0. The molecule has 0 saturated carbocycles. The molecule has 0 radical (unpaired) electrons. The van der Waals surface area contributed by atoms with Gasteiger partial charge in [0.25, 0.3) is 0 Å². The molecule has 1 N–H and O–H groups in total. The molecule has 101 heavy (non-hydrogen) atoms. The quantitative estimate of drug-likeness (QED) is 0.145. The van der Waals surface area contributed by atoms with Crippen LogP contribution in [0.25, 0.3) is 143 Å². The third-order valence-corrected chi connectivity index (χ3v) is 19.6. The highest BCUT2D eigenvalue weighted by atomic mass is 79.9. The Hall–Kier alpha value is -13.1. The highest BCUT2D eigenvalue weighted by molar-refractivity contribution is 9.10. The van der Waals surface area contributed by atoms with E-state index in [0.29, 0.717) is 0 Å². The zero-order chi connectivity index (χ0) is 67.2. The molecular formula is C92H61BrN8. The van der Waals surface area contributed by atoms with Crippen LogP contribution in [0, 0.1) is 0 Å². The fourth-order valence-corrected chi connectivity index (χ4v) is 14.9. The molecule has 476 valence electrons. The number of anilines is 5. The summed E-state index contributed by atoms with van der Waals surface area (Å²) in [4.78, 5) is 22.4. The van der Waals surface area contributed by atoms with Gasteiger partial charge in [-0.25, -0.2) is 9.97 Å². The van der Waals surface area contributed by atoms with E-state index in [1.54, 1.807) is 0 Å². The first kappa shape index (κ1) is 60.3. The predicted octanol–water partition coefficient (Wildman–Crippen LogP) is 25.1. The SMILES string of the molecule is Brc1cccc(-c2cnc3c4ccccc4c4ccccc4c3n2)c1.c1ccc(N(c2ccc(-n3c4ccccc4c4ccccc43)cc2)c2cccc(-c3cnc4c5ccccc5c5ccccc5c4n3)c2)cc1.c1ccc(Nc2ccc(-n3c4ccccc4c4ccccc43)cc2)cc1. The summed E-state index contributed by atoms with van der Waals surface area (Å²) in [6.45, 7) is 0. The van der Waals surface area contributed by atoms with Crippen molar-refractivity contribution < 1.29 is 0 Å². The largest absolute Gasteiger partial charge is 0.356 e. The van der Waals surface area contributed by atoms with Crippen LogP contribution in [0.1, 0.15) is 0 Å². The Bertz CT molecular complexity index is 6330. The minimum atomic E-state index is 0.842. The molecule has 0 bridgehead atoms. The highest BCUT2D eigenvalue weighted by Gasteiger charge is 2.19. The number of halogens is 1. The van der Waals surface area contributed by atoms with Gasteiger partial charge >= 0.3 is 0 Å². The fraction of sp³-hybridized carbons (Fsp3) is 0. The molecule has 4 aromatic heterocycles. The van der Waals surface area contributed by atoms with E-state index < -0.39 is 0 Å². The molecule has 0 atom stereocenters. The summed E-state index contributed by atoms with van der Waals surface area (Å²) in [6, 6.07) is 123. The van der Waals surface area contributed by atoms with Crippen molar-refractivity contribution in [2.45, 2.75) is 0 Å². The summed E-state index contributed by atoms with van der Waals surface area (Å²) < 4.78 is 5.72. The number of fused-ring (bicyclic) bond motifs is 18. The molecule has 0 aliphatic rings. The van der Waals surface area contributed by atoms with E-state index >= 15 is 0 Å². The Morgan fingerprint density at radius 3 is 1.02 bits per heavy atom. The number of aromatic nitrogens is 6. The van der Waals surface area contributed by atoms with Crippen LogP contribution in [0.15, 0.2) is 369 Å². The number of benzene rings is 16. The highest BCUT2D eigenvalue weighted by Crippen LogP contribution is 2.41. The van der Waals surface area contributed by atoms with Gasteiger partial charge in [-0.2, -0.15) is 0 Å². The van der Waals surface area contributed by atoms with Crippen molar-refractivity contribution in [1.29, 1.82) is 0 Å². The minimum Gasteiger partial charge on any atom is -0.356 e. The predicted molar refractivity (Wildman–Crippen MR) is 427 cm³/mol. The Kier molecular flexibility index (Phi) is 15.6. The summed E-state index contributed by atoms with van der Waals surface area (Å²) in [5.41, 5.74) is 20.1. The van der Waals surface area contributed by atoms with E-state index in [0.717, 1.165) is 105 Å². The molecule has 20 aromatic rings. The van der Waals surface area contributed by atoms with Crippen molar-refractivity contribution in [3.8, 4) is 33.9 Å². The van der Waals surface area contributed by atoms with Crippen LogP contribution in [0.3, 0.4) is 0 Å². The first-order chi connectivity index (χ1) is 50.0. The van der Waals surface area contributed by atoms with Crippen molar-refractivity contribution in [2.24, 2.45) is 0 Å². The van der Waals surface area contributed by atoms with Crippen molar-refractivity contribution >= 4 is 153 Å². The molecule has 0 spiro atoms. The fourth-order valence-electron chi connectivity index (χ4n) is 14.5. The van der Waals surface area contributed by atoms with Gasteiger partial charge in [0.05, 0.1) is 67.9 Å². The second-order valence-corrected chi connectivity index (χ2v) is 26.0. The van der Waals surface area contributed by atoms with Crippen molar-refractivity contribution in [3.63, 3.8) is 0 Å². The number of rotatable bonds is 9. The summed E-state index contributed by atoms with van der Waals surface area (Å²) in [7, 11) is 0. The number of para-hydroxylation sites is 6. The van der Waals surface area contributed by atoms with Crippen LogP contribution in [0.2, 0.25) is 0 Å². The normalized spacial score (nSPS) is 11.4.